The second-order valence-corrected chi connectivity index (χ2v) is 8.05. The quantitative estimate of drug-likeness (QED) is 0.330. The molecule has 2 N–H and O–H groups in total. The Morgan fingerprint density at radius 2 is 1.54 bits per heavy atom. The third-order valence-corrected chi connectivity index (χ3v) is 5.92. The fraction of sp³-hybridized carbons (Fsp3) is 0.179. The van der Waals surface area contributed by atoms with Gasteiger partial charge in [-0.3, -0.25) is 4.98 Å². The molecule has 0 saturated heterocycles. The summed E-state index contributed by atoms with van der Waals surface area (Å²) in [7, 11) is 5.60. The molecule has 4 rings (SSSR count). The first-order chi connectivity index (χ1) is 17.9. The molecule has 0 bridgehead atoms. The Hall–Kier alpha value is -4.79. The van der Waals surface area contributed by atoms with E-state index in [4.69, 9.17) is 18.9 Å². The van der Waals surface area contributed by atoms with E-state index in [1.165, 1.54) is 27.4 Å². The summed E-state index contributed by atoms with van der Waals surface area (Å²) in [5, 5.41) is 15.4. The summed E-state index contributed by atoms with van der Waals surface area (Å²) in [6.45, 7) is 0. The van der Waals surface area contributed by atoms with Gasteiger partial charge in [-0.25, -0.2) is 9.59 Å². The fourth-order valence-electron chi connectivity index (χ4n) is 4.12. The van der Waals surface area contributed by atoms with Crippen molar-refractivity contribution in [2.45, 2.75) is 6.04 Å². The number of hydrogen-bond donors (Lipinski definition) is 2. The molecule has 1 atom stereocenters. The van der Waals surface area contributed by atoms with E-state index in [-0.39, 0.29) is 16.9 Å². The lowest BCUT2D eigenvalue weighted by Crippen LogP contribution is -2.16. The first-order valence-electron chi connectivity index (χ1n) is 11.3. The van der Waals surface area contributed by atoms with E-state index in [0.717, 1.165) is 5.39 Å². The fourth-order valence-corrected chi connectivity index (χ4v) is 4.12. The van der Waals surface area contributed by atoms with Gasteiger partial charge in [-0.15, -0.1) is 0 Å². The van der Waals surface area contributed by atoms with Gasteiger partial charge in [0.05, 0.1) is 45.6 Å². The zero-order chi connectivity index (χ0) is 26.5. The van der Waals surface area contributed by atoms with Gasteiger partial charge in [-0.05, 0) is 42.5 Å². The maximum atomic E-state index is 12.4. The van der Waals surface area contributed by atoms with E-state index >= 15 is 0 Å². The minimum absolute atomic E-state index is 0.0298. The van der Waals surface area contributed by atoms with Crippen molar-refractivity contribution < 1.29 is 33.6 Å². The third-order valence-electron chi connectivity index (χ3n) is 5.92. The summed E-state index contributed by atoms with van der Waals surface area (Å²) in [6, 6.07) is 16.3. The molecule has 3 aromatic carbocycles. The van der Waals surface area contributed by atoms with Crippen LogP contribution in [0.1, 0.15) is 37.9 Å². The van der Waals surface area contributed by atoms with Gasteiger partial charge in [0.25, 0.3) is 0 Å². The number of hydrogen-bond acceptors (Lipinski definition) is 9. The highest BCUT2D eigenvalue weighted by Crippen LogP contribution is 2.41. The highest BCUT2D eigenvalue weighted by atomic mass is 16.5. The van der Waals surface area contributed by atoms with E-state index in [9.17, 15) is 14.7 Å². The molecule has 0 saturated carbocycles. The normalized spacial score (nSPS) is 11.5. The van der Waals surface area contributed by atoms with Crippen molar-refractivity contribution in [2.75, 3.05) is 33.8 Å². The number of benzene rings is 3. The number of nitrogens with one attached hydrogen (secondary N) is 1. The Balaban J connectivity index is 1.94. The second-order valence-electron chi connectivity index (χ2n) is 8.05. The van der Waals surface area contributed by atoms with Crippen molar-refractivity contribution in [1.82, 2.24) is 4.98 Å². The van der Waals surface area contributed by atoms with Crippen LogP contribution in [-0.2, 0) is 9.47 Å². The van der Waals surface area contributed by atoms with Gasteiger partial charge in [-0.1, -0.05) is 18.2 Å². The number of ether oxygens (including phenoxy) is 4. The van der Waals surface area contributed by atoms with Gasteiger partial charge in [-0.2, -0.15) is 0 Å². The number of fused-ring (bicyclic) bond motifs is 1. The van der Waals surface area contributed by atoms with Crippen LogP contribution in [0.25, 0.3) is 10.9 Å². The number of esters is 2. The average Bonchev–Trinajstić information content (AvgIpc) is 2.95. The molecule has 0 radical (unpaired) electrons. The van der Waals surface area contributed by atoms with E-state index in [1.807, 2.05) is 12.1 Å². The molecule has 0 aliphatic rings. The SMILES string of the molecule is COC(=O)c1cc(NC(c2cc(OC)ccc2OC)c2ccc3cccnc3c2O)cc(C(=O)OC)c1. The number of pyridine rings is 1. The summed E-state index contributed by atoms with van der Waals surface area (Å²) >= 11 is 0. The summed E-state index contributed by atoms with van der Waals surface area (Å²) in [4.78, 5) is 29.0. The van der Waals surface area contributed by atoms with Gasteiger partial charge >= 0.3 is 11.9 Å². The Morgan fingerprint density at radius 1 is 0.838 bits per heavy atom. The van der Waals surface area contributed by atoms with Crippen molar-refractivity contribution in [2.24, 2.45) is 0 Å². The lowest BCUT2D eigenvalue weighted by molar-refractivity contribution is 0.0599. The average molecular weight is 503 g/mol. The predicted octanol–water partition coefficient (Wildman–Crippen LogP) is 4.73. The van der Waals surface area contributed by atoms with Crippen LogP contribution in [0.15, 0.2) is 66.9 Å². The van der Waals surface area contributed by atoms with Gasteiger partial charge in [0, 0.05) is 28.4 Å². The molecular weight excluding hydrogens is 476 g/mol. The molecule has 9 nitrogen and oxygen atoms in total. The van der Waals surface area contributed by atoms with Crippen LogP contribution >= 0.6 is 0 Å². The highest BCUT2D eigenvalue weighted by molar-refractivity contribution is 5.97. The van der Waals surface area contributed by atoms with Crippen molar-refractivity contribution >= 4 is 28.5 Å². The summed E-state index contributed by atoms with van der Waals surface area (Å²) in [5.41, 5.74) is 2.24. The third kappa shape index (κ3) is 5.11. The van der Waals surface area contributed by atoms with E-state index in [1.54, 1.807) is 55.8 Å². The number of phenolic OH excluding ortho intramolecular Hbond substituents is 1. The van der Waals surface area contributed by atoms with Gasteiger partial charge in [0.15, 0.2) is 0 Å². The molecule has 4 aromatic rings. The van der Waals surface area contributed by atoms with Gasteiger partial charge in [0.1, 0.15) is 22.8 Å². The van der Waals surface area contributed by atoms with E-state index < -0.39 is 18.0 Å². The molecule has 0 aliphatic carbocycles. The largest absolute Gasteiger partial charge is 0.505 e. The molecule has 0 spiro atoms. The topological polar surface area (TPSA) is 116 Å². The summed E-state index contributed by atoms with van der Waals surface area (Å²) in [6.07, 6.45) is 1.60. The van der Waals surface area contributed by atoms with Crippen molar-refractivity contribution in [1.29, 1.82) is 0 Å². The number of carbonyl (C=O) groups is 2. The minimum Gasteiger partial charge on any atom is -0.505 e. The molecular formula is C28H26N2O7. The summed E-state index contributed by atoms with van der Waals surface area (Å²) in [5.74, 6) is -0.183. The first-order valence-corrected chi connectivity index (χ1v) is 11.3. The molecule has 1 heterocycles. The lowest BCUT2D eigenvalue weighted by atomic mass is 9.94. The smallest absolute Gasteiger partial charge is 0.337 e. The Bertz CT molecular complexity index is 1430. The van der Waals surface area contributed by atoms with Crippen LogP contribution in [0, 0.1) is 0 Å². The Kier molecular flexibility index (Phi) is 7.43. The zero-order valence-electron chi connectivity index (χ0n) is 20.8. The van der Waals surface area contributed by atoms with Crippen LogP contribution in [-0.4, -0.2) is 50.5 Å². The van der Waals surface area contributed by atoms with Crippen LogP contribution in [0.4, 0.5) is 5.69 Å². The van der Waals surface area contributed by atoms with Gasteiger partial charge < -0.3 is 29.4 Å². The zero-order valence-corrected chi connectivity index (χ0v) is 20.8. The number of nitrogens with zero attached hydrogens (tertiary/aromatic N) is 1. The van der Waals surface area contributed by atoms with Crippen LogP contribution in [0.3, 0.4) is 0 Å². The lowest BCUT2D eigenvalue weighted by Gasteiger charge is -2.25. The highest BCUT2D eigenvalue weighted by Gasteiger charge is 2.25. The molecule has 190 valence electrons. The maximum absolute atomic E-state index is 12.4. The van der Waals surface area contributed by atoms with E-state index in [0.29, 0.717) is 33.8 Å². The molecule has 0 amide bonds. The monoisotopic (exact) mass is 502 g/mol. The molecule has 37 heavy (non-hydrogen) atoms. The molecule has 9 heteroatoms. The molecule has 0 aliphatic heterocycles. The van der Waals surface area contributed by atoms with Crippen LogP contribution in [0.2, 0.25) is 0 Å². The molecule has 1 unspecified atom stereocenters. The minimum atomic E-state index is -0.713. The van der Waals surface area contributed by atoms with Crippen molar-refractivity contribution in [3.05, 3.63) is 89.1 Å². The Morgan fingerprint density at radius 3 is 2.16 bits per heavy atom. The number of aromatic nitrogens is 1. The molecule has 1 aromatic heterocycles. The van der Waals surface area contributed by atoms with E-state index in [2.05, 4.69) is 10.3 Å². The predicted molar refractivity (Wildman–Crippen MR) is 138 cm³/mol. The molecule has 0 fully saturated rings. The summed E-state index contributed by atoms with van der Waals surface area (Å²) < 4.78 is 20.8. The van der Waals surface area contributed by atoms with Crippen molar-refractivity contribution in [3.63, 3.8) is 0 Å². The first kappa shape index (κ1) is 25.3. The number of phenols is 1. The number of rotatable bonds is 8. The van der Waals surface area contributed by atoms with Crippen LogP contribution < -0.4 is 14.8 Å². The second kappa shape index (κ2) is 10.9. The van der Waals surface area contributed by atoms with Crippen LogP contribution in [0.5, 0.6) is 17.2 Å². The number of aromatic hydroxyl groups is 1. The number of carbonyl (C=O) groups excluding carboxylic acids is 2. The Labute approximate surface area is 213 Å². The number of methoxy groups -OCH3 is 4. The van der Waals surface area contributed by atoms with Crippen molar-refractivity contribution in [3.8, 4) is 17.2 Å². The number of anilines is 1. The standard InChI is InChI=1S/C28H26N2O7/c1-34-20-8-10-23(35-2)22(15-20)25(21-9-7-16-6-5-11-29-24(16)26(21)31)30-19-13-17(27(32)36-3)12-18(14-19)28(33)37-4/h5-15,25,30-31H,1-4H3. The van der Waals surface area contributed by atoms with Gasteiger partial charge in [0.2, 0.25) is 0 Å². The maximum Gasteiger partial charge on any atom is 0.337 e.